The van der Waals surface area contributed by atoms with Crippen LogP contribution in [-0.4, -0.2) is 0 Å². The van der Waals surface area contributed by atoms with Gasteiger partial charge in [0.2, 0.25) is 0 Å². The number of hydrazine groups is 1. The van der Waals surface area contributed by atoms with E-state index < -0.39 is 23.6 Å². The summed E-state index contributed by atoms with van der Waals surface area (Å²) < 4.78 is 50.2. The molecule has 1 aromatic carbocycles. The lowest BCUT2D eigenvalue weighted by molar-refractivity contribution is -0.140. The van der Waals surface area contributed by atoms with Crippen molar-refractivity contribution in [3.8, 4) is 0 Å². The fraction of sp³-hybridized carbons (Fsp3) is 0.400. The van der Waals surface area contributed by atoms with Crippen LogP contribution in [0.15, 0.2) is 18.2 Å². The minimum Gasteiger partial charge on any atom is -0.271 e. The number of hydrogen-bond donors (Lipinski definition) is 2. The fourth-order valence-corrected chi connectivity index (χ4v) is 1.43. The molecule has 0 heterocycles. The van der Waals surface area contributed by atoms with Gasteiger partial charge in [0.1, 0.15) is 5.82 Å². The highest BCUT2D eigenvalue weighted by Gasteiger charge is 2.34. The first-order chi connectivity index (χ1) is 7.40. The van der Waals surface area contributed by atoms with Gasteiger partial charge in [0.15, 0.2) is 0 Å². The van der Waals surface area contributed by atoms with Gasteiger partial charge in [0.05, 0.1) is 5.56 Å². The number of rotatable bonds is 3. The van der Waals surface area contributed by atoms with Crippen molar-refractivity contribution in [1.82, 2.24) is 5.43 Å². The predicted molar refractivity (Wildman–Crippen MR) is 51.8 cm³/mol. The second-order valence-electron chi connectivity index (χ2n) is 3.36. The van der Waals surface area contributed by atoms with Crippen LogP contribution in [0.4, 0.5) is 17.6 Å². The van der Waals surface area contributed by atoms with Crippen LogP contribution in [0.5, 0.6) is 0 Å². The van der Waals surface area contributed by atoms with Crippen LogP contribution in [0.25, 0.3) is 0 Å². The van der Waals surface area contributed by atoms with E-state index >= 15 is 0 Å². The minimum absolute atomic E-state index is 0.318. The summed E-state index contributed by atoms with van der Waals surface area (Å²) in [6.45, 7) is 1.77. The normalized spacial score (nSPS) is 13.9. The van der Waals surface area contributed by atoms with Crippen molar-refractivity contribution < 1.29 is 17.6 Å². The lowest BCUT2D eigenvalue weighted by Crippen LogP contribution is -2.27. The molecule has 2 nitrogen and oxygen atoms in total. The van der Waals surface area contributed by atoms with Crippen molar-refractivity contribution in [2.75, 3.05) is 0 Å². The van der Waals surface area contributed by atoms with Crippen LogP contribution in [0.1, 0.15) is 30.5 Å². The van der Waals surface area contributed by atoms with Gasteiger partial charge in [0.25, 0.3) is 0 Å². The molecule has 0 aliphatic rings. The average molecular weight is 236 g/mol. The number of nitrogens with one attached hydrogen (secondary N) is 1. The molecule has 0 spiro atoms. The summed E-state index contributed by atoms with van der Waals surface area (Å²) in [5, 5.41) is 0. The molecule has 90 valence electrons. The van der Waals surface area contributed by atoms with E-state index in [-0.39, 0.29) is 0 Å². The third kappa shape index (κ3) is 2.70. The van der Waals surface area contributed by atoms with E-state index in [1.54, 1.807) is 6.92 Å². The van der Waals surface area contributed by atoms with Crippen LogP contribution < -0.4 is 11.3 Å². The summed E-state index contributed by atoms with van der Waals surface area (Å²) >= 11 is 0. The Balaban J connectivity index is 3.17. The van der Waals surface area contributed by atoms with Crippen LogP contribution >= 0.6 is 0 Å². The first-order valence-corrected chi connectivity index (χ1v) is 4.73. The van der Waals surface area contributed by atoms with Crippen LogP contribution in [0.3, 0.4) is 0 Å². The summed E-state index contributed by atoms with van der Waals surface area (Å²) in [6, 6.07) is 2.46. The van der Waals surface area contributed by atoms with Gasteiger partial charge in [-0.15, -0.1) is 0 Å². The second kappa shape index (κ2) is 4.80. The van der Waals surface area contributed by atoms with Crippen molar-refractivity contribution >= 4 is 0 Å². The molecule has 1 rings (SSSR count). The zero-order valence-corrected chi connectivity index (χ0v) is 8.61. The summed E-state index contributed by atoms with van der Waals surface area (Å²) in [6.07, 6.45) is -4.17. The molecule has 6 heteroatoms. The van der Waals surface area contributed by atoms with Gasteiger partial charge in [0, 0.05) is 6.04 Å². The topological polar surface area (TPSA) is 38.0 Å². The molecular weight excluding hydrogens is 224 g/mol. The third-order valence-electron chi connectivity index (χ3n) is 2.31. The SMILES string of the molecule is CC[C@@H](NN)c1ccc(F)c(C(F)(F)F)c1. The number of alkyl halides is 3. The van der Waals surface area contributed by atoms with Crippen LogP contribution in [-0.2, 0) is 6.18 Å². The van der Waals surface area contributed by atoms with Gasteiger partial charge in [-0.2, -0.15) is 13.2 Å². The standard InChI is InChI=1S/C10H12F4N2/c1-2-9(16-15)6-3-4-8(11)7(5-6)10(12,13)14/h3-5,9,16H,2,15H2,1H3/t9-/m1/s1. The molecule has 1 aromatic rings. The summed E-state index contributed by atoms with van der Waals surface area (Å²) in [4.78, 5) is 0. The number of nitrogens with two attached hydrogens (primary N) is 1. The Labute approximate surface area is 90.4 Å². The second-order valence-corrected chi connectivity index (χ2v) is 3.36. The van der Waals surface area contributed by atoms with Crippen molar-refractivity contribution in [3.63, 3.8) is 0 Å². The molecule has 0 bridgehead atoms. The van der Waals surface area contributed by atoms with Gasteiger partial charge in [-0.1, -0.05) is 13.0 Å². The molecule has 3 N–H and O–H groups in total. The van der Waals surface area contributed by atoms with Crippen LogP contribution in [0.2, 0.25) is 0 Å². The van der Waals surface area contributed by atoms with Crippen molar-refractivity contribution in [2.45, 2.75) is 25.6 Å². The van der Waals surface area contributed by atoms with Crippen molar-refractivity contribution in [3.05, 3.63) is 35.1 Å². The zero-order valence-electron chi connectivity index (χ0n) is 8.61. The molecule has 0 amide bonds. The van der Waals surface area contributed by atoms with Gasteiger partial charge >= 0.3 is 6.18 Å². The summed E-state index contributed by atoms with van der Waals surface area (Å²) in [5.41, 5.74) is 1.43. The van der Waals surface area contributed by atoms with Crippen molar-refractivity contribution in [2.24, 2.45) is 5.84 Å². The lowest BCUT2D eigenvalue weighted by Gasteiger charge is -2.16. The number of hydrogen-bond acceptors (Lipinski definition) is 2. The quantitative estimate of drug-likeness (QED) is 0.481. The minimum atomic E-state index is -4.69. The molecule has 0 unspecified atom stereocenters. The van der Waals surface area contributed by atoms with Gasteiger partial charge in [-0.3, -0.25) is 11.3 Å². The zero-order chi connectivity index (χ0) is 12.3. The molecular formula is C10H12F4N2. The smallest absolute Gasteiger partial charge is 0.271 e. The fourth-order valence-electron chi connectivity index (χ4n) is 1.43. The molecule has 0 aliphatic carbocycles. The van der Waals surface area contributed by atoms with E-state index in [0.717, 1.165) is 12.1 Å². The van der Waals surface area contributed by atoms with E-state index in [0.29, 0.717) is 12.0 Å². The van der Waals surface area contributed by atoms with Gasteiger partial charge in [-0.05, 0) is 24.1 Å². The molecule has 0 radical (unpaired) electrons. The maximum absolute atomic E-state index is 13.0. The Kier molecular flexibility index (Phi) is 3.88. The summed E-state index contributed by atoms with van der Waals surface area (Å²) in [7, 11) is 0. The summed E-state index contributed by atoms with van der Waals surface area (Å²) in [5.74, 6) is 3.91. The molecule has 0 aliphatic heterocycles. The maximum atomic E-state index is 13.0. The van der Waals surface area contributed by atoms with E-state index in [1.807, 2.05) is 0 Å². The first kappa shape index (κ1) is 12.9. The lowest BCUT2D eigenvalue weighted by atomic mass is 10.0. The highest BCUT2D eigenvalue weighted by atomic mass is 19.4. The van der Waals surface area contributed by atoms with E-state index in [9.17, 15) is 17.6 Å². The monoisotopic (exact) mass is 236 g/mol. The van der Waals surface area contributed by atoms with E-state index in [1.165, 1.54) is 6.07 Å². The highest BCUT2D eigenvalue weighted by Crippen LogP contribution is 2.33. The highest BCUT2D eigenvalue weighted by molar-refractivity contribution is 5.29. The third-order valence-corrected chi connectivity index (χ3v) is 2.31. The molecule has 16 heavy (non-hydrogen) atoms. The van der Waals surface area contributed by atoms with E-state index in [2.05, 4.69) is 5.43 Å². The average Bonchev–Trinajstić information content (AvgIpc) is 2.20. The Hall–Kier alpha value is -1.14. The van der Waals surface area contributed by atoms with E-state index in [4.69, 9.17) is 5.84 Å². The molecule has 0 fully saturated rings. The van der Waals surface area contributed by atoms with Gasteiger partial charge in [-0.25, -0.2) is 4.39 Å². The predicted octanol–water partition coefficient (Wildman–Crippen LogP) is 2.76. The maximum Gasteiger partial charge on any atom is 0.419 e. The number of benzene rings is 1. The molecule has 0 saturated carbocycles. The van der Waals surface area contributed by atoms with Crippen LogP contribution in [0, 0.1) is 5.82 Å². The Morgan fingerprint density at radius 2 is 2.00 bits per heavy atom. The van der Waals surface area contributed by atoms with Gasteiger partial charge < -0.3 is 0 Å². The number of halogens is 4. The Bertz CT molecular complexity index is 358. The molecule has 0 aromatic heterocycles. The largest absolute Gasteiger partial charge is 0.419 e. The molecule has 1 atom stereocenters. The van der Waals surface area contributed by atoms with Crippen molar-refractivity contribution in [1.29, 1.82) is 0 Å². The Morgan fingerprint density at radius 3 is 2.44 bits per heavy atom. The first-order valence-electron chi connectivity index (χ1n) is 4.73. The Morgan fingerprint density at radius 1 is 1.38 bits per heavy atom. The molecule has 0 saturated heterocycles.